The molecule has 7 heteroatoms. The molecule has 0 aromatic heterocycles. The zero-order chi connectivity index (χ0) is 17.1. The monoisotopic (exact) mass is 326 g/mol. The van der Waals surface area contributed by atoms with Crippen LogP contribution in [0.15, 0.2) is 42.5 Å². The third kappa shape index (κ3) is 2.91. The molecule has 0 saturated heterocycles. The van der Waals surface area contributed by atoms with E-state index >= 15 is 0 Å². The number of anilines is 2. The Hall–Kier alpha value is -3.35. The second-order valence-electron chi connectivity index (χ2n) is 5.03. The minimum absolute atomic E-state index is 0.0298. The summed E-state index contributed by atoms with van der Waals surface area (Å²) in [7, 11) is 1.54. The van der Waals surface area contributed by atoms with Crippen molar-refractivity contribution in [3.8, 4) is 11.5 Å². The number of carbonyl (C=O) groups is 3. The van der Waals surface area contributed by atoms with Crippen LogP contribution >= 0.6 is 0 Å². The van der Waals surface area contributed by atoms with Crippen LogP contribution in [0.2, 0.25) is 0 Å². The first kappa shape index (κ1) is 15.5. The van der Waals surface area contributed by atoms with Gasteiger partial charge in [-0.25, -0.2) is 9.69 Å². The normalized spacial score (nSPS) is 12.1. The molecule has 7 nitrogen and oxygen atoms in total. The highest BCUT2D eigenvalue weighted by molar-refractivity contribution is 6.13. The van der Waals surface area contributed by atoms with Crippen LogP contribution in [0.3, 0.4) is 0 Å². The molecule has 1 heterocycles. The van der Waals surface area contributed by atoms with Gasteiger partial charge >= 0.3 is 6.03 Å². The number of hydrogen-bond donors (Lipinski definition) is 1. The number of nitrogens with zero attached hydrogens (tertiary/aromatic N) is 1. The molecule has 122 valence electrons. The number of imide groups is 1. The molecule has 3 amide bonds. The predicted molar refractivity (Wildman–Crippen MR) is 86.8 cm³/mol. The Labute approximate surface area is 137 Å². The Balaban J connectivity index is 1.80. The molecular formula is C17H14N2O5. The minimum Gasteiger partial charge on any atom is -0.497 e. The van der Waals surface area contributed by atoms with E-state index < -0.39 is 6.03 Å². The van der Waals surface area contributed by atoms with Crippen molar-refractivity contribution in [1.82, 2.24) is 0 Å². The average Bonchev–Trinajstić information content (AvgIpc) is 2.97. The minimum atomic E-state index is -0.638. The summed E-state index contributed by atoms with van der Waals surface area (Å²) in [6.07, 6.45) is 0.390. The van der Waals surface area contributed by atoms with Crippen molar-refractivity contribution >= 4 is 29.6 Å². The molecular weight excluding hydrogens is 312 g/mol. The van der Waals surface area contributed by atoms with Gasteiger partial charge in [0.25, 0.3) is 0 Å². The number of ketones is 1. The van der Waals surface area contributed by atoms with Gasteiger partial charge in [-0.1, -0.05) is 0 Å². The largest absolute Gasteiger partial charge is 0.497 e. The predicted octanol–water partition coefficient (Wildman–Crippen LogP) is 2.47. The lowest BCUT2D eigenvalue weighted by Gasteiger charge is -2.17. The number of hydrogen-bond acceptors (Lipinski definition) is 5. The molecule has 3 rings (SSSR count). The molecule has 24 heavy (non-hydrogen) atoms. The number of ether oxygens (including phenoxy) is 2. The smallest absolute Gasteiger partial charge is 0.332 e. The van der Waals surface area contributed by atoms with E-state index in [9.17, 15) is 14.4 Å². The summed E-state index contributed by atoms with van der Waals surface area (Å²) in [6, 6.07) is 10.6. The van der Waals surface area contributed by atoms with E-state index in [4.69, 9.17) is 9.47 Å². The molecule has 0 unspecified atom stereocenters. The summed E-state index contributed by atoms with van der Waals surface area (Å²) in [5, 5.41) is 2.61. The molecule has 1 aliphatic rings. The fourth-order valence-corrected chi connectivity index (χ4v) is 2.32. The number of carbonyl (C=O) groups excluding carboxylic acids is 3. The van der Waals surface area contributed by atoms with Crippen LogP contribution in [0.4, 0.5) is 16.2 Å². The van der Waals surface area contributed by atoms with Gasteiger partial charge in [0.1, 0.15) is 11.5 Å². The summed E-state index contributed by atoms with van der Waals surface area (Å²) >= 11 is 0. The van der Waals surface area contributed by atoms with Crippen LogP contribution in [0.5, 0.6) is 11.5 Å². The first-order chi connectivity index (χ1) is 11.6. The zero-order valence-electron chi connectivity index (χ0n) is 12.8. The summed E-state index contributed by atoms with van der Waals surface area (Å²) < 4.78 is 10.2. The van der Waals surface area contributed by atoms with Crippen molar-refractivity contribution in [1.29, 1.82) is 0 Å². The number of nitrogens with one attached hydrogen (secondary N) is 1. The zero-order valence-corrected chi connectivity index (χ0v) is 12.8. The van der Waals surface area contributed by atoms with Gasteiger partial charge in [-0.2, -0.15) is 0 Å². The number of urea groups is 1. The second kappa shape index (κ2) is 6.41. The van der Waals surface area contributed by atoms with Crippen molar-refractivity contribution in [2.24, 2.45) is 0 Å². The quantitative estimate of drug-likeness (QED) is 0.873. The standard InChI is InChI=1S/C17H14N2O5/c1-23-13-5-2-11(3-6-13)18-17(22)19(10-20)12-4-7-16-14(8-12)15(21)9-24-16/h2-8,10H,9H2,1H3,(H,18,22). The summed E-state index contributed by atoms with van der Waals surface area (Å²) in [5.74, 6) is 0.913. The molecule has 0 atom stereocenters. The first-order valence-electron chi connectivity index (χ1n) is 7.12. The molecule has 0 radical (unpaired) electrons. The number of amides is 3. The van der Waals surface area contributed by atoms with Gasteiger partial charge in [0.2, 0.25) is 12.2 Å². The highest BCUT2D eigenvalue weighted by Gasteiger charge is 2.24. The Morgan fingerprint density at radius 1 is 1.25 bits per heavy atom. The third-order valence-corrected chi connectivity index (χ3v) is 3.57. The van der Waals surface area contributed by atoms with E-state index in [1.807, 2.05) is 0 Å². The van der Waals surface area contributed by atoms with E-state index in [1.165, 1.54) is 6.07 Å². The van der Waals surface area contributed by atoms with Gasteiger partial charge in [0.05, 0.1) is 18.4 Å². The van der Waals surface area contributed by atoms with Crippen LogP contribution in [0.1, 0.15) is 10.4 Å². The van der Waals surface area contributed by atoms with Gasteiger partial charge in [0, 0.05) is 5.69 Å². The SMILES string of the molecule is COc1ccc(NC(=O)N(C=O)c2ccc3c(c2)C(=O)CO3)cc1. The summed E-state index contributed by atoms with van der Waals surface area (Å²) in [6.45, 7) is -0.0298. The molecule has 1 aliphatic heterocycles. The van der Waals surface area contributed by atoms with E-state index in [-0.39, 0.29) is 18.1 Å². The van der Waals surface area contributed by atoms with Gasteiger partial charge in [-0.15, -0.1) is 0 Å². The van der Waals surface area contributed by atoms with Crippen LogP contribution < -0.4 is 19.7 Å². The van der Waals surface area contributed by atoms with Crippen LogP contribution in [0.25, 0.3) is 0 Å². The fourth-order valence-electron chi connectivity index (χ4n) is 2.32. The van der Waals surface area contributed by atoms with Gasteiger partial charge in [-0.3, -0.25) is 9.59 Å². The topological polar surface area (TPSA) is 84.9 Å². The van der Waals surface area contributed by atoms with E-state index in [2.05, 4.69) is 5.32 Å². The van der Waals surface area contributed by atoms with E-state index in [1.54, 1.807) is 43.5 Å². The number of rotatable bonds is 4. The van der Waals surface area contributed by atoms with Crippen molar-refractivity contribution in [3.63, 3.8) is 0 Å². The molecule has 2 aromatic carbocycles. The fraction of sp³-hybridized carbons (Fsp3) is 0.118. The van der Waals surface area contributed by atoms with Gasteiger partial charge in [0.15, 0.2) is 6.61 Å². The molecule has 0 bridgehead atoms. The lowest BCUT2D eigenvalue weighted by atomic mass is 10.1. The molecule has 2 aromatic rings. The highest BCUT2D eigenvalue weighted by Crippen LogP contribution is 2.29. The molecule has 0 saturated carbocycles. The molecule has 0 fully saturated rings. The van der Waals surface area contributed by atoms with Crippen LogP contribution in [-0.2, 0) is 4.79 Å². The average molecular weight is 326 g/mol. The van der Waals surface area contributed by atoms with E-state index in [0.29, 0.717) is 29.2 Å². The maximum absolute atomic E-state index is 12.3. The van der Waals surface area contributed by atoms with Crippen molar-refractivity contribution in [2.45, 2.75) is 0 Å². The molecule has 0 spiro atoms. The molecule has 1 N–H and O–H groups in total. The summed E-state index contributed by atoms with van der Waals surface area (Å²) in [5.41, 5.74) is 1.15. The summed E-state index contributed by atoms with van der Waals surface area (Å²) in [4.78, 5) is 36.3. The Bertz CT molecular complexity index is 801. The van der Waals surface area contributed by atoms with Crippen molar-refractivity contribution < 1.29 is 23.9 Å². The van der Waals surface area contributed by atoms with Crippen LogP contribution in [-0.4, -0.2) is 31.9 Å². The highest BCUT2D eigenvalue weighted by atomic mass is 16.5. The van der Waals surface area contributed by atoms with Crippen LogP contribution in [0, 0.1) is 0 Å². The number of methoxy groups -OCH3 is 1. The van der Waals surface area contributed by atoms with E-state index in [0.717, 1.165) is 4.90 Å². The lowest BCUT2D eigenvalue weighted by Crippen LogP contribution is -2.33. The first-order valence-corrected chi connectivity index (χ1v) is 7.12. The Kier molecular flexibility index (Phi) is 4.15. The van der Waals surface area contributed by atoms with Crippen molar-refractivity contribution in [2.75, 3.05) is 23.9 Å². The number of benzene rings is 2. The number of fused-ring (bicyclic) bond motifs is 1. The van der Waals surface area contributed by atoms with Gasteiger partial charge in [-0.05, 0) is 42.5 Å². The number of Topliss-reactive ketones (excluding diaryl/α,β-unsaturated/α-hetero) is 1. The van der Waals surface area contributed by atoms with Gasteiger partial charge < -0.3 is 14.8 Å². The maximum Gasteiger partial charge on any atom is 0.332 e. The maximum atomic E-state index is 12.3. The lowest BCUT2D eigenvalue weighted by molar-refractivity contribution is -0.106. The Morgan fingerprint density at radius 2 is 2.00 bits per heavy atom. The van der Waals surface area contributed by atoms with Crippen molar-refractivity contribution in [3.05, 3.63) is 48.0 Å². The third-order valence-electron chi connectivity index (χ3n) is 3.57. The second-order valence-corrected chi connectivity index (χ2v) is 5.03. The Morgan fingerprint density at radius 3 is 2.67 bits per heavy atom. The molecule has 0 aliphatic carbocycles.